The Morgan fingerprint density at radius 2 is 0.463 bits per heavy atom. The van der Waals surface area contributed by atoms with E-state index in [9.17, 15) is 9.90 Å². The van der Waals surface area contributed by atoms with Crippen LogP contribution in [0, 0.1) is 0 Å². The van der Waals surface area contributed by atoms with Gasteiger partial charge < -0.3 is 5.11 Å². The van der Waals surface area contributed by atoms with Crippen LogP contribution in [0.25, 0.3) is 0 Å². The molecule has 0 aromatic rings. The molecule has 0 heterocycles. The van der Waals surface area contributed by atoms with Crippen LogP contribution in [0.3, 0.4) is 0 Å². The molecule has 0 aromatic heterocycles. The first-order chi connectivity index (χ1) is 26.6. The summed E-state index contributed by atoms with van der Waals surface area (Å²) >= 11 is 0. The number of hydrogen-bond acceptors (Lipinski definition) is 2. The Kier molecular flexibility index (Phi) is 46.3. The Morgan fingerprint density at radius 1 is 0.315 bits per heavy atom. The van der Waals surface area contributed by atoms with E-state index >= 15 is 0 Å². The van der Waals surface area contributed by atoms with Gasteiger partial charge in [-0.25, -0.2) is 0 Å². The van der Waals surface area contributed by atoms with Gasteiger partial charge in [0.05, 0.1) is 0 Å². The maximum atomic E-state index is 11.7. The topological polar surface area (TPSA) is 40.5 Å². The van der Waals surface area contributed by atoms with E-state index in [4.69, 9.17) is 0 Å². The molecule has 1 unspecified atom stereocenters. The summed E-state index contributed by atoms with van der Waals surface area (Å²) < 4.78 is 0. The van der Waals surface area contributed by atoms with Crippen molar-refractivity contribution in [3.63, 3.8) is 0 Å². The Hall–Kier alpha value is -0.570. The van der Waals surface area contributed by atoms with Crippen LogP contribution in [0.5, 0.6) is 0 Å². The van der Waals surface area contributed by atoms with E-state index in [0.717, 1.165) is 25.9 Å². The Labute approximate surface area is 342 Å². The fourth-order valence-electron chi connectivity index (χ4n) is 8.50. The predicted octanol–water partition coefficient (Wildman–Crippen LogP) is 18.0. The van der Waals surface area contributed by atoms with Crippen LogP contribution in [-0.2, 0) is 4.79 Å². The average Bonchev–Trinajstić information content (AvgIpc) is 3.17. The molecule has 0 aromatic carbocycles. The van der Waals surface area contributed by atoms with Gasteiger partial charge in [-0.2, -0.15) is 0 Å². The molecule has 0 saturated heterocycles. The van der Waals surface area contributed by atoms with Gasteiger partial charge in [0, 0.05) is 0 Å². The molecule has 54 heavy (non-hydrogen) atoms. The van der Waals surface area contributed by atoms with Crippen LogP contribution in [0.2, 0.25) is 0 Å². The zero-order valence-electron chi connectivity index (χ0n) is 37.9. The summed E-state index contributed by atoms with van der Waals surface area (Å²) in [6.45, 7) is 8.39. The first-order valence-electron chi connectivity index (χ1n) is 25.6. The summed E-state index contributed by atoms with van der Waals surface area (Å²) in [4.78, 5) is 14.0. The van der Waals surface area contributed by atoms with Gasteiger partial charge in [-0.15, -0.1) is 0 Å². The molecule has 0 bridgehead atoms. The molecule has 0 radical (unpaired) electrons. The molecular formula is C51H103NO2. The highest BCUT2D eigenvalue weighted by Crippen LogP contribution is 2.18. The number of carbonyl (C=O) groups is 1. The third-order valence-electron chi connectivity index (χ3n) is 12.5. The summed E-state index contributed by atoms with van der Waals surface area (Å²) in [6.07, 6.45) is 62.0. The minimum Gasteiger partial charge on any atom is -0.480 e. The smallest absolute Gasteiger partial charge is 0.320 e. The standard InChI is InChI=1S/C51H103NO2/c1-4-6-8-10-12-14-16-18-20-22-24-26-28-30-32-34-36-38-40-42-44-46-48-52(50(3)51(53)54)49-47-45-43-41-39-37-35-33-31-29-27-25-23-21-19-17-15-13-11-9-7-5-2/h50H,4-49H2,1-3H3,(H,53,54). The van der Waals surface area contributed by atoms with Gasteiger partial charge >= 0.3 is 5.97 Å². The minimum absolute atomic E-state index is 0.352. The number of carboxylic acid groups (broad SMARTS) is 1. The van der Waals surface area contributed by atoms with Crippen LogP contribution in [0.1, 0.15) is 303 Å². The van der Waals surface area contributed by atoms with E-state index < -0.39 is 5.97 Å². The molecule has 3 nitrogen and oxygen atoms in total. The third kappa shape index (κ3) is 42.6. The van der Waals surface area contributed by atoms with Crippen molar-refractivity contribution < 1.29 is 9.90 Å². The van der Waals surface area contributed by atoms with Crippen LogP contribution in [-0.4, -0.2) is 35.1 Å². The van der Waals surface area contributed by atoms with E-state index in [1.165, 1.54) is 270 Å². The Balaban J connectivity index is 3.50. The van der Waals surface area contributed by atoms with Crippen molar-refractivity contribution in [2.45, 2.75) is 309 Å². The lowest BCUT2D eigenvalue weighted by atomic mass is 10.0. The van der Waals surface area contributed by atoms with Crippen LogP contribution < -0.4 is 0 Å². The van der Waals surface area contributed by atoms with Gasteiger partial charge in [-0.3, -0.25) is 9.69 Å². The normalized spacial score (nSPS) is 12.3. The highest BCUT2D eigenvalue weighted by atomic mass is 16.4. The molecule has 1 N–H and O–H groups in total. The number of carboxylic acids is 1. The van der Waals surface area contributed by atoms with Crippen LogP contribution >= 0.6 is 0 Å². The van der Waals surface area contributed by atoms with Crippen molar-refractivity contribution in [1.29, 1.82) is 0 Å². The lowest BCUT2D eigenvalue weighted by molar-refractivity contribution is -0.142. The molecule has 0 rings (SSSR count). The number of rotatable bonds is 48. The molecule has 1 atom stereocenters. The van der Waals surface area contributed by atoms with Crippen molar-refractivity contribution in [1.82, 2.24) is 4.90 Å². The first kappa shape index (κ1) is 53.4. The second kappa shape index (κ2) is 46.8. The van der Waals surface area contributed by atoms with Crippen LogP contribution in [0.4, 0.5) is 0 Å². The number of hydrogen-bond donors (Lipinski definition) is 1. The van der Waals surface area contributed by atoms with Gasteiger partial charge in [-0.1, -0.05) is 284 Å². The lowest BCUT2D eigenvalue weighted by Crippen LogP contribution is -2.40. The molecule has 0 aliphatic heterocycles. The molecule has 0 aliphatic carbocycles. The van der Waals surface area contributed by atoms with Crippen molar-refractivity contribution in [2.24, 2.45) is 0 Å². The lowest BCUT2D eigenvalue weighted by Gasteiger charge is -2.26. The number of nitrogens with zero attached hydrogens (tertiary/aromatic N) is 1. The SMILES string of the molecule is CCCCCCCCCCCCCCCCCCCCCCCCN(CCCCCCCCCCCCCCCCCCCCCCCC)C(C)C(=O)O. The van der Waals surface area contributed by atoms with E-state index in [2.05, 4.69) is 18.7 Å². The van der Waals surface area contributed by atoms with Crippen molar-refractivity contribution in [3.8, 4) is 0 Å². The van der Waals surface area contributed by atoms with Crippen LogP contribution in [0.15, 0.2) is 0 Å². The summed E-state index contributed by atoms with van der Waals surface area (Å²) in [5.41, 5.74) is 0. The highest BCUT2D eigenvalue weighted by Gasteiger charge is 2.19. The summed E-state index contributed by atoms with van der Waals surface area (Å²) in [5, 5.41) is 9.67. The second-order valence-electron chi connectivity index (χ2n) is 17.9. The second-order valence-corrected chi connectivity index (χ2v) is 17.9. The summed E-state index contributed by atoms with van der Waals surface area (Å²) in [5.74, 6) is -0.660. The monoisotopic (exact) mass is 762 g/mol. The third-order valence-corrected chi connectivity index (χ3v) is 12.5. The molecule has 0 amide bonds. The first-order valence-corrected chi connectivity index (χ1v) is 25.6. The fraction of sp³-hybridized carbons (Fsp3) is 0.980. The molecule has 324 valence electrons. The van der Waals surface area contributed by atoms with E-state index in [-0.39, 0.29) is 6.04 Å². The molecule has 0 fully saturated rings. The minimum atomic E-state index is -0.660. The zero-order valence-corrected chi connectivity index (χ0v) is 37.9. The van der Waals surface area contributed by atoms with Gasteiger partial charge in [0.25, 0.3) is 0 Å². The number of aliphatic carboxylic acids is 1. The molecule has 0 saturated carbocycles. The van der Waals surface area contributed by atoms with E-state index in [0.29, 0.717) is 0 Å². The summed E-state index contributed by atoms with van der Waals surface area (Å²) in [6, 6.07) is -0.352. The largest absolute Gasteiger partial charge is 0.480 e. The van der Waals surface area contributed by atoms with E-state index in [1.807, 2.05) is 6.92 Å². The summed E-state index contributed by atoms with van der Waals surface area (Å²) in [7, 11) is 0. The Bertz CT molecular complexity index is 647. The maximum absolute atomic E-state index is 11.7. The van der Waals surface area contributed by atoms with E-state index in [1.54, 1.807) is 0 Å². The average molecular weight is 762 g/mol. The van der Waals surface area contributed by atoms with Gasteiger partial charge in [0.15, 0.2) is 0 Å². The van der Waals surface area contributed by atoms with Gasteiger partial charge in [0.1, 0.15) is 6.04 Å². The zero-order chi connectivity index (χ0) is 39.3. The molecule has 0 aliphatic rings. The van der Waals surface area contributed by atoms with Gasteiger partial charge in [-0.05, 0) is 32.9 Å². The van der Waals surface area contributed by atoms with Crippen molar-refractivity contribution >= 4 is 5.97 Å². The molecular weight excluding hydrogens is 659 g/mol. The number of unbranched alkanes of at least 4 members (excludes halogenated alkanes) is 42. The quantitative estimate of drug-likeness (QED) is 0.0628. The van der Waals surface area contributed by atoms with Crippen molar-refractivity contribution in [2.75, 3.05) is 13.1 Å². The maximum Gasteiger partial charge on any atom is 0.320 e. The van der Waals surface area contributed by atoms with Gasteiger partial charge in [0.2, 0.25) is 0 Å². The molecule has 3 heteroatoms. The fourth-order valence-corrected chi connectivity index (χ4v) is 8.50. The Morgan fingerprint density at radius 3 is 0.611 bits per heavy atom. The predicted molar refractivity (Wildman–Crippen MR) is 243 cm³/mol. The molecule has 0 spiro atoms. The highest BCUT2D eigenvalue weighted by molar-refractivity contribution is 5.72. The van der Waals surface area contributed by atoms with Crippen molar-refractivity contribution in [3.05, 3.63) is 0 Å².